The molecule has 4 rings (SSSR count). The SMILES string of the molecule is CS(=O)(=O)c1ccc(-c2cncc(-c3nc4ccccc4[nH]3)n2)cc1. The minimum atomic E-state index is -3.22. The highest BCUT2D eigenvalue weighted by Crippen LogP contribution is 2.23. The molecule has 2 aromatic carbocycles. The summed E-state index contributed by atoms with van der Waals surface area (Å²) in [6.45, 7) is 0. The third-order valence-electron chi connectivity index (χ3n) is 3.84. The standard InChI is InChI=1S/C18H14N4O2S/c1-25(23,24)13-8-6-12(7-9-13)16-10-19-11-17(20-16)18-21-14-4-2-3-5-15(14)22-18/h2-11H,1H3,(H,21,22). The fraction of sp³-hybridized carbons (Fsp3) is 0.0556. The summed E-state index contributed by atoms with van der Waals surface area (Å²) < 4.78 is 23.1. The Bertz CT molecular complexity index is 1130. The number of benzene rings is 2. The number of H-pyrrole nitrogens is 1. The van der Waals surface area contributed by atoms with Gasteiger partial charge in [0.25, 0.3) is 0 Å². The lowest BCUT2D eigenvalue weighted by Gasteiger charge is -2.04. The highest BCUT2D eigenvalue weighted by Gasteiger charge is 2.10. The summed E-state index contributed by atoms with van der Waals surface area (Å²) in [4.78, 5) is 16.9. The molecule has 0 spiro atoms. The molecule has 6 nitrogen and oxygen atoms in total. The third kappa shape index (κ3) is 3.01. The van der Waals surface area contributed by atoms with E-state index < -0.39 is 9.84 Å². The van der Waals surface area contributed by atoms with Crippen molar-refractivity contribution in [3.63, 3.8) is 0 Å². The van der Waals surface area contributed by atoms with E-state index in [-0.39, 0.29) is 4.90 Å². The van der Waals surface area contributed by atoms with Gasteiger partial charge in [-0.15, -0.1) is 0 Å². The van der Waals surface area contributed by atoms with Gasteiger partial charge in [0.1, 0.15) is 5.69 Å². The first-order valence-electron chi connectivity index (χ1n) is 7.58. The number of fused-ring (bicyclic) bond motifs is 1. The van der Waals surface area contributed by atoms with Gasteiger partial charge in [-0.25, -0.2) is 18.4 Å². The molecule has 0 radical (unpaired) electrons. The van der Waals surface area contributed by atoms with Crippen LogP contribution in [0.15, 0.2) is 65.8 Å². The van der Waals surface area contributed by atoms with Crippen molar-refractivity contribution in [2.24, 2.45) is 0 Å². The molecular formula is C18H14N4O2S. The van der Waals surface area contributed by atoms with Gasteiger partial charge in [-0.05, 0) is 24.3 Å². The number of rotatable bonds is 3. The third-order valence-corrected chi connectivity index (χ3v) is 4.97. The zero-order chi connectivity index (χ0) is 17.4. The Morgan fingerprint density at radius 2 is 1.60 bits per heavy atom. The van der Waals surface area contributed by atoms with Gasteiger partial charge in [-0.2, -0.15) is 0 Å². The molecule has 0 bridgehead atoms. The average molecular weight is 350 g/mol. The predicted octanol–water partition coefficient (Wildman–Crippen LogP) is 3.09. The Hall–Kier alpha value is -3.06. The van der Waals surface area contributed by atoms with Crippen LogP contribution in [0, 0.1) is 0 Å². The zero-order valence-electron chi connectivity index (χ0n) is 13.3. The van der Waals surface area contributed by atoms with Crippen molar-refractivity contribution in [1.82, 2.24) is 19.9 Å². The van der Waals surface area contributed by atoms with Crippen LogP contribution in [0.2, 0.25) is 0 Å². The summed E-state index contributed by atoms with van der Waals surface area (Å²) in [6, 6.07) is 14.3. The predicted molar refractivity (Wildman–Crippen MR) is 95.7 cm³/mol. The van der Waals surface area contributed by atoms with Crippen LogP contribution in [0.5, 0.6) is 0 Å². The molecule has 0 aliphatic carbocycles. The Labute approximate surface area is 144 Å². The van der Waals surface area contributed by atoms with Gasteiger partial charge in [0.15, 0.2) is 15.7 Å². The maximum atomic E-state index is 11.6. The van der Waals surface area contributed by atoms with Crippen LogP contribution < -0.4 is 0 Å². The van der Waals surface area contributed by atoms with Crippen LogP contribution in [0.25, 0.3) is 33.8 Å². The number of imidazole rings is 1. The Kier molecular flexibility index (Phi) is 3.58. The molecule has 4 aromatic rings. The molecule has 0 fully saturated rings. The van der Waals surface area contributed by atoms with E-state index in [2.05, 4.69) is 19.9 Å². The van der Waals surface area contributed by atoms with Crippen LogP contribution >= 0.6 is 0 Å². The zero-order valence-corrected chi connectivity index (χ0v) is 14.2. The first-order chi connectivity index (χ1) is 12.0. The number of hydrogen-bond acceptors (Lipinski definition) is 5. The van der Waals surface area contributed by atoms with Crippen LogP contribution in [0.1, 0.15) is 0 Å². The van der Waals surface area contributed by atoms with Crippen LogP contribution in [-0.2, 0) is 9.84 Å². The summed E-state index contributed by atoms with van der Waals surface area (Å²) in [6.07, 6.45) is 4.47. The van der Waals surface area contributed by atoms with E-state index in [0.29, 0.717) is 17.2 Å². The van der Waals surface area contributed by atoms with E-state index in [4.69, 9.17) is 0 Å². The number of para-hydroxylation sites is 2. The molecule has 7 heteroatoms. The molecular weight excluding hydrogens is 336 g/mol. The lowest BCUT2D eigenvalue weighted by Crippen LogP contribution is -1.97. The van der Waals surface area contributed by atoms with Crippen molar-refractivity contribution in [1.29, 1.82) is 0 Å². The van der Waals surface area contributed by atoms with E-state index in [1.165, 1.54) is 6.26 Å². The average Bonchev–Trinajstić information content (AvgIpc) is 3.05. The van der Waals surface area contributed by atoms with Crippen molar-refractivity contribution < 1.29 is 8.42 Å². The van der Waals surface area contributed by atoms with E-state index >= 15 is 0 Å². The molecule has 1 N–H and O–H groups in total. The molecule has 25 heavy (non-hydrogen) atoms. The second kappa shape index (κ2) is 5.78. The Morgan fingerprint density at radius 1 is 0.880 bits per heavy atom. The summed E-state index contributed by atoms with van der Waals surface area (Å²) in [7, 11) is -3.22. The van der Waals surface area contributed by atoms with Crippen molar-refractivity contribution in [3.05, 3.63) is 60.9 Å². The van der Waals surface area contributed by atoms with Gasteiger partial charge in [-0.1, -0.05) is 24.3 Å². The number of sulfone groups is 1. The van der Waals surface area contributed by atoms with Gasteiger partial charge in [0.2, 0.25) is 0 Å². The quantitative estimate of drug-likeness (QED) is 0.613. The summed E-state index contributed by atoms with van der Waals surface area (Å²) in [5.74, 6) is 0.642. The van der Waals surface area contributed by atoms with Crippen molar-refractivity contribution in [2.75, 3.05) is 6.26 Å². The fourth-order valence-electron chi connectivity index (χ4n) is 2.57. The Balaban J connectivity index is 1.74. The number of aromatic nitrogens is 4. The minimum Gasteiger partial charge on any atom is -0.337 e. The van der Waals surface area contributed by atoms with Crippen LogP contribution in [-0.4, -0.2) is 34.6 Å². The highest BCUT2D eigenvalue weighted by atomic mass is 32.2. The van der Waals surface area contributed by atoms with E-state index in [1.807, 2.05) is 24.3 Å². The summed E-state index contributed by atoms with van der Waals surface area (Å²) in [5, 5.41) is 0. The largest absolute Gasteiger partial charge is 0.337 e. The summed E-state index contributed by atoms with van der Waals surface area (Å²) in [5.41, 5.74) is 3.86. The van der Waals surface area contributed by atoms with Crippen molar-refractivity contribution >= 4 is 20.9 Å². The lowest BCUT2D eigenvalue weighted by molar-refractivity contribution is 0.602. The van der Waals surface area contributed by atoms with Gasteiger partial charge in [0.05, 0.1) is 34.0 Å². The molecule has 0 atom stereocenters. The number of nitrogens with one attached hydrogen (secondary N) is 1. The van der Waals surface area contributed by atoms with E-state index in [1.54, 1.807) is 36.7 Å². The molecule has 2 aromatic heterocycles. The second-order valence-electron chi connectivity index (χ2n) is 5.69. The first-order valence-corrected chi connectivity index (χ1v) is 9.47. The number of nitrogens with zero attached hydrogens (tertiary/aromatic N) is 3. The fourth-order valence-corrected chi connectivity index (χ4v) is 3.20. The molecule has 0 unspecified atom stereocenters. The molecule has 0 aliphatic rings. The molecule has 0 saturated carbocycles. The smallest absolute Gasteiger partial charge is 0.175 e. The van der Waals surface area contributed by atoms with Crippen LogP contribution in [0.4, 0.5) is 0 Å². The van der Waals surface area contributed by atoms with E-state index in [0.717, 1.165) is 16.6 Å². The maximum Gasteiger partial charge on any atom is 0.175 e. The monoisotopic (exact) mass is 350 g/mol. The molecule has 0 aliphatic heterocycles. The van der Waals surface area contributed by atoms with Crippen molar-refractivity contribution in [2.45, 2.75) is 4.90 Å². The molecule has 0 saturated heterocycles. The van der Waals surface area contributed by atoms with Gasteiger partial charge < -0.3 is 4.98 Å². The van der Waals surface area contributed by atoms with Gasteiger partial charge in [-0.3, -0.25) is 4.98 Å². The van der Waals surface area contributed by atoms with E-state index in [9.17, 15) is 8.42 Å². The lowest BCUT2D eigenvalue weighted by atomic mass is 10.1. The Morgan fingerprint density at radius 3 is 2.32 bits per heavy atom. The molecule has 0 amide bonds. The minimum absolute atomic E-state index is 0.276. The van der Waals surface area contributed by atoms with Crippen molar-refractivity contribution in [3.8, 4) is 22.8 Å². The first kappa shape index (κ1) is 15.5. The topological polar surface area (TPSA) is 88.6 Å². The number of aromatic amines is 1. The maximum absolute atomic E-state index is 11.6. The van der Waals surface area contributed by atoms with Gasteiger partial charge >= 0.3 is 0 Å². The molecule has 124 valence electrons. The van der Waals surface area contributed by atoms with Gasteiger partial charge in [0, 0.05) is 11.8 Å². The number of hydrogen-bond donors (Lipinski definition) is 1. The summed E-state index contributed by atoms with van der Waals surface area (Å²) >= 11 is 0. The highest BCUT2D eigenvalue weighted by molar-refractivity contribution is 7.90. The molecule has 2 heterocycles. The van der Waals surface area contributed by atoms with Crippen LogP contribution in [0.3, 0.4) is 0 Å². The second-order valence-corrected chi connectivity index (χ2v) is 7.70. The normalized spacial score (nSPS) is 11.7.